The zero-order chi connectivity index (χ0) is 30.2. The molecule has 0 aliphatic rings. The summed E-state index contributed by atoms with van der Waals surface area (Å²) in [6.07, 6.45) is 40.9. The lowest BCUT2D eigenvalue weighted by Crippen LogP contribution is -2.24. The van der Waals surface area contributed by atoms with Crippen molar-refractivity contribution in [2.75, 3.05) is 6.54 Å². The van der Waals surface area contributed by atoms with E-state index in [0.717, 1.165) is 24.9 Å². The minimum absolute atomic E-state index is 0.132. The van der Waals surface area contributed by atoms with E-state index in [1.54, 1.807) is 12.1 Å². The maximum Gasteiger partial charge on any atom is 0.220 e. The van der Waals surface area contributed by atoms with Crippen LogP contribution < -0.4 is 5.32 Å². The summed E-state index contributed by atoms with van der Waals surface area (Å²) < 4.78 is 0. The number of hydrogen-bond acceptors (Lipinski definition) is 2. The van der Waals surface area contributed by atoms with E-state index in [1.807, 2.05) is 12.1 Å². The Morgan fingerprint density at radius 1 is 0.500 bits per heavy atom. The average molecular weight is 586 g/mol. The van der Waals surface area contributed by atoms with Gasteiger partial charge in [0.25, 0.3) is 0 Å². The van der Waals surface area contributed by atoms with Crippen molar-refractivity contribution in [1.29, 1.82) is 0 Å². The van der Waals surface area contributed by atoms with E-state index in [1.165, 1.54) is 173 Å². The maximum absolute atomic E-state index is 12.0. The lowest BCUT2D eigenvalue weighted by molar-refractivity contribution is -0.121. The molecular weight excluding hydrogens is 514 g/mol. The molecule has 2 N–H and O–H groups in total. The summed E-state index contributed by atoms with van der Waals surface area (Å²) in [6.45, 7) is 3.10. The Balaban J connectivity index is 1.67. The summed E-state index contributed by atoms with van der Waals surface area (Å²) in [5.41, 5.74) is 1.09. The van der Waals surface area contributed by atoms with Gasteiger partial charge < -0.3 is 10.4 Å². The van der Waals surface area contributed by atoms with E-state index in [9.17, 15) is 9.90 Å². The second kappa shape index (κ2) is 30.9. The lowest BCUT2D eigenvalue weighted by atomic mass is 10.0. The third-order valence-corrected chi connectivity index (χ3v) is 8.93. The Morgan fingerprint density at radius 3 is 1.14 bits per heavy atom. The third kappa shape index (κ3) is 27.3. The molecule has 0 saturated carbocycles. The Kier molecular flexibility index (Phi) is 28.4. The fraction of sp³-hybridized carbons (Fsp3) is 0.821. The number of hydrogen-bond donors (Lipinski definition) is 2. The molecule has 42 heavy (non-hydrogen) atoms. The smallest absolute Gasteiger partial charge is 0.220 e. The average Bonchev–Trinajstić information content (AvgIpc) is 3.00. The molecule has 1 rings (SSSR count). The summed E-state index contributed by atoms with van der Waals surface area (Å²) >= 11 is 0. The summed E-state index contributed by atoms with van der Waals surface area (Å²) in [5.74, 6) is 0.405. The molecule has 0 bridgehead atoms. The third-order valence-electron chi connectivity index (χ3n) is 8.93. The Hall–Kier alpha value is -1.51. The second-order valence-electron chi connectivity index (χ2n) is 13.1. The molecule has 0 unspecified atom stereocenters. The van der Waals surface area contributed by atoms with E-state index < -0.39 is 0 Å². The van der Waals surface area contributed by atoms with Crippen LogP contribution in [0.15, 0.2) is 24.3 Å². The van der Waals surface area contributed by atoms with Crippen molar-refractivity contribution in [2.24, 2.45) is 0 Å². The lowest BCUT2D eigenvalue weighted by Gasteiger charge is -2.06. The van der Waals surface area contributed by atoms with Crippen molar-refractivity contribution >= 4 is 5.91 Å². The van der Waals surface area contributed by atoms with Gasteiger partial charge in [0.05, 0.1) is 0 Å². The van der Waals surface area contributed by atoms with E-state index in [0.29, 0.717) is 6.42 Å². The molecule has 0 aromatic heterocycles. The number of aromatic hydroxyl groups is 1. The Labute approximate surface area is 262 Å². The number of carbonyl (C=O) groups excluding carboxylic acids is 1. The molecule has 0 aliphatic carbocycles. The van der Waals surface area contributed by atoms with Gasteiger partial charge in [-0.3, -0.25) is 4.79 Å². The molecule has 0 aliphatic heterocycles. The molecule has 0 fully saturated rings. The highest BCUT2D eigenvalue weighted by molar-refractivity contribution is 5.76. The van der Waals surface area contributed by atoms with Gasteiger partial charge in [0.15, 0.2) is 0 Å². The van der Waals surface area contributed by atoms with Crippen LogP contribution in [-0.4, -0.2) is 17.6 Å². The van der Waals surface area contributed by atoms with E-state index in [-0.39, 0.29) is 11.7 Å². The number of carbonyl (C=O) groups is 1. The number of nitrogens with one attached hydrogen (secondary N) is 1. The standard InChI is InChI=1S/C39H71NO2/c1-2-3-4-5-6-7-8-9-10-11-12-13-14-15-16-17-18-19-20-21-22-23-24-25-26-27-28-29-36-40-39(42)35-32-37-30-33-38(41)34-31-37/h30-31,33-34,41H,2-29,32,35-36H2,1H3,(H,40,42). The van der Waals surface area contributed by atoms with Gasteiger partial charge >= 0.3 is 0 Å². The first-order chi connectivity index (χ1) is 20.7. The molecule has 1 amide bonds. The molecule has 0 radical (unpaired) electrons. The number of unbranched alkanes of at least 4 members (excludes halogenated alkanes) is 27. The monoisotopic (exact) mass is 586 g/mol. The quantitative estimate of drug-likeness (QED) is 0.0826. The summed E-state index contributed by atoms with van der Waals surface area (Å²) in [7, 11) is 0. The highest BCUT2D eigenvalue weighted by Crippen LogP contribution is 2.16. The van der Waals surface area contributed by atoms with Gasteiger partial charge in [-0.05, 0) is 30.5 Å². The topological polar surface area (TPSA) is 49.3 Å². The van der Waals surface area contributed by atoms with Crippen molar-refractivity contribution in [2.45, 2.75) is 200 Å². The summed E-state index contributed by atoms with van der Waals surface area (Å²) in [5, 5.41) is 12.4. The number of aryl methyl sites for hydroxylation is 1. The van der Waals surface area contributed by atoms with Gasteiger partial charge in [-0.2, -0.15) is 0 Å². The Morgan fingerprint density at radius 2 is 0.810 bits per heavy atom. The van der Waals surface area contributed by atoms with Crippen molar-refractivity contribution < 1.29 is 9.90 Å². The number of phenols is 1. The number of benzene rings is 1. The van der Waals surface area contributed by atoms with Crippen LogP contribution in [0.5, 0.6) is 5.75 Å². The molecule has 0 atom stereocenters. The van der Waals surface area contributed by atoms with Crippen LogP contribution in [0.3, 0.4) is 0 Å². The predicted molar refractivity (Wildman–Crippen MR) is 184 cm³/mol. The van der Waals surface area contributed by atoms with Crippen LogP contribution in [0.2, 0.25) is 0 Å². The van der Waals surface area contributed by atoms with Gasteiger partial charge in [-0.25, -0.2) is 0 Å². The molecule has 0 spiro atoms. The normalized spacial score (nSPS) is 11.3. The molecule has 1 aromatic carbocycles. The second-order valence-corrected chi connectivity index (χ2v) is 13.1. The van der Waals surface area contributed by atoms with Gasteiger partial charge in [0.2, 0.25) is 5.91 Å². The van der Waals surface area contributed by atoms with Crippen molar-refractivity contribution in [3.05, 3.63) is 29.8 Å². The molecule has 244 valence electrons. The molecule has 3 nitrogen and oxygen atoms in total. The minimum Gasteiger partial charge on any atom is -0.508 e. The summed E-state index contributed by atoms with van der Waals surface area (Å²) in [4.78, 5) is 12.0. The zero-order valence-electron chi connectivity index (χ0n) is 28.1. The maximum atomic E-state index is 12.0. The first-order valence-electron chi connectivity index (χ1n) is 18.8. The highest BCUT2D eigenvalue weighted by atomic mass is 16.3. The summed E-state index contributed by atoms with van der Waals surface area (Å²) in [6, 6.07) is 7.11. The van der Waals surface area contributed by atoms with Crippen LogP contribution in [-0.2, 0) is 11.2 Å². The van der Waals surface area contributed by atoms with Crippen LogP contribution in [0, 0.1) is 0 Å². The first kappa shape index (κ1) is 38.5. The van der Waals surface area contributed by atoms with Gasteiger partial charge in [0.1, 0.15) is 5.75 Å². The number of amides is 1. The van der Waals surface area contributed by atoms with Crippen LogP contribution in [0.1, 0.15) is 199 Å². The van der Waals surface area contributed by atoms with E-state index >= 15 is 0 Å². The number of rotatable bonds is 32. The highest BCUT2D eigenvalue weighted by Gasteiger charge is 2.02. The van der Waals surface area contributed by atoms with E-state index in [2.05, 4.69) is 12.2 Å². The predicted octanol–water partition coefficient (Wildman–Crippen LogP) is 12.4. The largest absolute Gasteiger partial charge is 0.508 e. The SMILES string of the molecule is CCCCCCCCCCCCCCCCCCCCCCCCCCCCCCNC(=O)CCc1ccc(O)cc1. The van der Waals surface area contributed by atoms with Crippen molar-refractivity contribution in [3.8, 4) is 5.75 Å². The van der Waals surface area contributed by atoms with Crippen LogP contribution in [0.25, 0.3) is 0 Å². The molecule has 3 heteroatoms. The number of phenolic OH excluding ortho intramolecular Hbond substituents is 1. The molecular formula is C39H71NO2. The van der Waals surface area contributed by atoms with Gasteiger partial charge in [-0.15, -0.1) is 0 Å². The van der Waals surface area contributed by atoms with Crippen LogP contribution >= 0.6 is 0 Å². The van der Waals surface area contributed by atoms with E-state index in [4.69, 9.17) is 0 Å². The molecule has 1 aromatic rings. The molecule has 0 heterocycles. The van der Waals surface area contributed by atoms with Gasteiger partial charge in [-0.1, -0.05) is 192 Å². The van der Waals surface area contributed by atoms with Gasteiger partial charge in [0, 0.05) is 13.0 Å². The van der Waals surface area contributed by atoms with Crippen LogP contribution in [0.4, 0.5) is 0 Å². The van der Waals surface area contributed by atoms with Crippen molar-refractivity contribution in [1.82, 2.24) is 5.32 Å². The minimum atomic E-state index is 0.132. The first-order valence-corrected chi connectivity index (χ1v) is 18.8. The molecule has 0 saturated heterocycles. The fourth-order valence-corrected chi connectivity index (χ4v) is 6.03. The fourth-order valence-electron chi connectivity index (χ4n) is 6.03. The Bertz CT molecular complexity index is 686. The van der Waals surface area contributed by atoms with Crippen molar-refractivity contribution in [3.63, 3.8) is 0 Å². The zero-order valence-corrected chi connectivity index (χ0v) is 28.1.